The fourth-order valence-corrected chi connectivity index (χ4v) is 1.62. The maximum atomic E-state index is 11.8. The molecule has 0 aromatic heterocycles. The molecule has 1 aromatic carbocycles. The number of aryl methyl sites for hydroxylation is 1. The zero-order valence-corrected chi connectivity index (χ0v) is 10.8. The van der Waals surface area contributed by atoms with Gasteiger partial charge in [-0.15, -0.1) is 12.6 Å². The number of hydrogen-bond donors (Lipinski definition) is 3. The second kappa shape index (κ2) is 6.64. The summed E-state index contributed by atoms with van der Waals surface area (Å²) in [6.45, 7) is 2.22. The van der Waals surface area contributed by atoms with Crippen LogP contribution in [0, 0.1) is 6.92 Å². The average molecular weight is 255 g/mol. The third kappa shape index (κ3) is 4.38. The molecule has 0 aliphatic rings. The predicted molar refractivity (Wildman–Crippen MR) is 68.6 cm³/mol. The van der Waals surface area contributed by atoms with Gasteiger partial charge >= 0.3 is 0 Å². The summed E-state index contributed by atoms with van der Waals surface area (Å²) in [6, 6.07) is 5.37. The number of nitrogens with one attached hydrogen (secondary N) is 1. The van der Waals surface area contributed by atoms with Gasteiger partial charge in [0.25, 0.3) is 5.91 Å². The second-order valence-electron chi connectivity index (χ2n) is 3.82. The molecule has 0 spiro atoms. The van der Waals surface area contributed by atoms with Crippen LogP contribution < -0.4 is 5.32 Å². The summed E-state index contributed by atoms with van der Waals surface area (Å²) in [5.74, 6) is -0.214. The number of carbonyl (C=O) groups is 1. The molecule has 94 valence electrons. The van der Waals surface area contributed by atoms with Gasteiger partial charge in [0.15, 0.2) is 0 Å². The minimum atomic E-state index is -0.691. The Labute approximate surface area is 106 Å². The topological polar surface area (TPSA) is 58.6 Å². The van der Waals surface area contributed by atoms with Crippen LogP contribution in [0.4, 0.5) is 0 Å². The number of amides is 1. The first-order valence-electron chi connectivity index (χ1n) is 5.29. The monoisotopic (exact) mass is 255 g/mol. The number of benzene rings is 1. The van der Waals surface area contributed by atoms with Crippen molar-refractivity contribution in [3.8, 4) is 0 Å². The van der Waals surface area contributed by atoms with E-state index in [2.05, 4.69) is 17.9 Å². The third-order valence-electron chi connectivity index (χ3n) is 2.32. The fourth-order valence-electron chi connectivity index (χ4n) is 1.41. The molecule has 1 aromatic rings. The van der Waals surface area contributed by atoms with Crippen LogP contribution in [0.5, 0.6) is 0 Å². The number of hydrogen-bond acceptors (Lipinski definition) is 4. The number of thiol groups is 1. The summed E-state index contributed by atoms with van der Waals surface area (Å²) in [5, 5.41) is 12.1. The maximum Gasteiger partial charge on any atom is 0.251 e. The van der Waals surface area contributed by atoms with Crippen molar-refractivity contribution in [2.24, 2.45) is 0 Å². The van der Waals surface area contributed by atoms with Gasteiger partial charge in [0.2, 0.25) is 0 Å². The number of aliphatic hydroxyl groups excluding tert-OH is 1. The van der Waals surface area contributed by atoms with Gasteiger partial charge in [0.05, 0.1) is 12.7 Å². The van der Waals surface area contributed by atoms with Crippen molar-refractivity contribution in [3.63, 3.8) is 0 Å². The second-order valence-corrected chi connectivity index (χ2v) is 4.33. The summed E-state index contributed by atoms with van der Waals surface area (Å²) < 4.78 is 4.77. The minimum Gasteiger partial charge on any atom is -0.389 e. The summed E-state index contributed by atoms with van der Waals surface area (Å²) >= 11 is 4.19. The highest BCUT2D eigenvalue weighted by Gasteiger charge is 2.11. The van der Waals surface area contributed by atoms with E-state index in [0.717, 1.165) is 10.5 Å². The van der Waals surface area contributed by atoms with Crippen molar-refractivity contribution in [1.29, 1.82) is 0 Å². The molecule has 2 N–H and O–H groups in total. The molecule has 1 amide bonds. The van der Waals surface area contributed by atoms with Crippen molar-refractivity contribution < 1.29 is 14.6 Å². The first kappa shape index (κ1) is 14.0. The molecule has 0 aliphatic heterocycles. The van der Waals surface area contributed by atoms with Gasteiger partial charge in [-0.25, -0.2) is 0 Å². The Kier molecular flexibility index (Phi) is 5.47. The van der Waals surface area contributed by atoms with Crippen LogP contribution in [0.3, 0.4) is 0 Å². The lowest BCUT2D eigenvalue weighted by Crippen LogP contribution is -2.34. The SMILES string of the molecule is COCC(O)CNC(=O)c1cc(S)ccc1C. The van der Waals surface area contributed by atoms with E-state index in [-0.39, 0.29) is 19.1 Å². The highest BCUT2D eigenvalue weighted by molar-refractivity contribution is 7.80. The van der Waals surface area contributed by atoms with Crippen LogP contribution >= 0.6 is 12.6 Å². The van der Waals surface area contributed by atoms with Crippen LogP contribution in [0.1, 0.15) is 15.9 Å². The molecular weight excluding hydrogens is 238 g/mol. The molecule has 0 aliphatic carbocycles. The van der Waals surface area contributed by atoms with Crippen LogP contribution in [-0.4, -0.2) is 37.4 Å². The first-order valence-corrected chi connectivity index (χ1v) is 5.74. The van der Waals surface area contributed by atoms with E-state index in [1.54, 1.807) is 6.07 Å². The Morgan fingerprint density at radius 2 is 2.29 bits per heavy atom. The molecule has 0 radical (unpaired) electrons. The fraction of sp³-hybridized carbons (Fsp3) is 0.417. The molecule has 0 bridgehead atoms. The zero-order valence-electron chi connectivity index (χ0n) is 9.93. The Morgan fingerprint density at radius 1 is 1.59 bits per heavy atom. The maximum absolute atomic E-state index is 11.8. The van der Waals surface area contributed by atoms with Crippen molar-refractivity contribution in [2.75, 3.05) is 20.3 Å². The molecule has 0 saturated heterocycles. The standard InChI is InChI=1S/C12H17NO3S/c1-8-3-4-10(17)5-11(8)12(15)13-6-9(14)7-16-2/h3-5,9,14,17H,6-7H2,1-2H3,(H,13,15). The van der Waals surface area contributed by atoms with Crippen molar-refractivity contribution in [3.05, 3.63) is 29.3 Å². The Balaban J connectivity index is 2.61. The van der Waals surface area contributed by atoms with Crippen LogP contribution in [0.2, 0.25) is 0 Å². The van der Waals surface area contributed by atoms with Gasteiger partial charge in [-0.2, -0.15) is 0 Å². The molecule has 0 heterocycles. The average Bonchev–Trinajstić information content (AvgIpc) is 2.29. The lowest BCUT2D eigenvalue weighted by molar-refractivity contribution is 0.0609. The van der Waals surface area contributed by atoms with Gasteiger partial charge in [-0.3, -0.25) is 4.79 Å². The quantitative estimate of drug-likeness (QED) is 0.689. The molecule has 1 rings (SSSR count). The molecule has 0 saturated carbocycles. The van der Waals surface area contributed by atoms with Gasteiger partial charge in [0, 0.05) is 24.1 Å². The van der Waals surface area contributed by atoms with E-state index in [9.17, 15) is 9.90 Å². The Hall–Kier alpha value is -1.04. The van der Waals surface area contributed by atoms with Crippen molar-refractivity contribution in [2.45, 2.75) is 17.9 Å². The molecular formula is C12H17NO3S. The number of rotatable bonds is 5. The minimum absolute atomic E-state index is 0.170. The summed E-state index contributed by atoms with van der Waals surface area (Å²) in [6.07, 6.45) is -0.691. The van der Waals surface area contributed by atoms with Crippen molar-refractivity contribution >= 4 is 18.5 Å². The molecule has 0 fully saturated rings. The molecule has 5 heteroatoms. The van der Waals surface area contributed by atoms with Gasteiger partial charge in [-0.1, -0.05) is 6.07 Å². The number of carbonyl (C=O) groups excluding carboxylic acids is 1. The number of ether oxygens (including phenoxy) is 1. The molecule has 1 unspecified atom stereocenters. The largest absolute Gasteiger partial charge is 0.389 e. The van der Waals surface area contributed by atoms with E-state index in [0.29, 0.717) is 5.56 Å². The summed E-state index contributed by atoms with van der Waals surface area (Å²) in [4.78, 5) is 12.6. The van der Waals surface area contributed by atoms with Crippen LogP contribution in [0.25, 0.3) is 0 Å². The van der Waals surface area contributed by atoms with Gasteiger partial charge in [0.1, 0.15) is 0 Å². The number of methoxy groups -OCH3 is 1. The summed E-state index contributed by atoms with van der Waals surface area (Å²) in [7, 11) is 1.50. The van der Waals surface area contributed by atoms with Gasteiger partial charge in [-0.05, 0) is 24.6 Å². The highest BCUT2D eigenvalue weighted by Crippen LogP contribution is 2.13. The van der Waals surface area contributed by atoms with E-state index < -0.39 is 6.10 Å². The lowest BCUT2D eigenvalue weighted by atomic mass is 10.1. The molecule has 4 nitrogen and oxygen atoms in total. The smallest absolute Gasteiger partial charge is 0.251 e. The zero-order chi connectivity index (χ0) is 12.8. The van der Waals surface area contributed by atoms with E-state index in [1.807, 2.05) is 19.1 Å². The van der Waals surface area contributed by atoms with E-state index in [4.69, 9.17) is 4.74 Å². The van der Waals surface area contributed by atoms with Crippen LogP contribution in [-0.2, 0) is 4.74 Å². The first-order chi connectivity index (χ1) is 8.04. The predicted octanol–water partition coefficient (Wildman–Crippen LogP) is 1.02. The molecule has 17 heavy (non-hydrogen) atoms. The number of aliphatic hydroxyl groups is 1. The van der Waals surface area contributed by atoms with Gasteiger partial charge < -0.3 is 15.2 Å². The lowest BCUT2D eigenvalue weighted by Gasteiger charge is -2.12. The van der Waals surface area contributed by atoms with E-state index in [1.165, 1.54) is 7.11 Å². The Bertz CT molecular complexity index is 395. The Morgan fingerprint density at radius 3 is 2.94 bits per heavy atom. The normalized spacial score (nSPS) is 12.2. The van der Waals surface area contributed by atoms with E-state index >= 15 is 0 Å². The highest BCUT2D eigenvalue weighted by atomic mass is 32.1. The van der Waals surface area contributed by atoms with Crippen molar-refractivity contribution in [1.82, 2.24) is 5.32 Å². The third-order valence-corrected chi connectivity index (χ3v) is 2.60. The van der Waals surface area contributed by atoms with Crippen LogP contribution in [0.15, 0.2) is 23.1 Å². The molecule has 1 atom stereocenters. The summed E-state index contributed by atoms with van der Waals surface area (Å²) in [5.41, 5.74) is 1.45.